The minimum Gasteiger partial charge on any atom is -0.391 e. The van der Waals surface area contributed by atoms with E-state index in [2.05, 4.69) is 0 Å². The van der Waals surface area contributed by atoms with Gasteiger partial charge >= 0.3 is 0 Å². The predicted molar refractivity (Wildman–Crippen MR) is 65.3 cm³/mol. The van der Waals surface area contributed by atoms with Gasteiger partial charge in [0, 0.05) is 19.2 Å². The zero-order valence-corrected chi connectivity index (χ0v) is 9.74. The quantitative estimate of drug-likeness (QED) is 0.630. The molecule has 1 fully saturated rings. The Morgan fingerprint density at radius 1 is 1.56 bits per heavy atom. The minimum atomic E-state index is -0.489. The third-order valence-electron chi connectivity index (χ3n) is 3.04. The molecule has 0 saturated carbocycles. The number of piperidine rings is 1. The maximum atomic E-state index is 11.0. The molecule has 2 rings (SSSR count). The fourth-order valence-electron chi connectivity index (χ4n) is 2.18. The van der Waals surface area contributed by atoms with Crippen molar-refractivity contribution in [3.05, 3.63) is 33.9 Å². The molecule has 1 atom stereocenters. The number of nitro groups is 1. The zero-order valence-electron chi connectivity index (χ0n) is 9.74. The first kappa shape index (κ1) is 12.3. The van der Waals surface area contributed by atoms with Crippen LogP contribution in [0, 0.1) is 21.4 Å². The normalized spacial score (nSPS) is 19.3. The van der Waals surface area contributed by atoms with Crippen molar-refractivity contribution in [1.29, 1.82) is 5.26 Å². The average Bonchev–Trinajstić information content (AvgIpc) is 2.38. The van der Waals surface area contributed by atoms with Crippen LogP contribution in [0.4, 0.5) is 11.4 Å². The van der Waals surface area contributed by atoms with E-state index in [1.54, 1.807) is 17.0 Å². The zero-order chi connectivity index (χ0) is 13.1. The van der Waals surface area contributed by atoms with Crippen molar-refractivity contribution < 1.29 is 10.0 Å². The summed E-state index contributed by atoms with van der Waals surface area (Å²) in [5.41, 5.74) is 0.656. The number of β-amino-alcohol motifs (C(OH)–C–C–N with tert-alkyl or cyclic N) is 1. The lowest BCUT2D eigenvalue weighted by Crippen LogP contribution is -2.38. The van der Waals surface area contributed by atoms with Crippen LogP contribution in [0.3, 0.4) is 0 Å². The Balaban J connectivity index is 2.37. The molecule has 0 aromatic heterocycles. The standard InChI is InChI=1S/C12H13N3O3/c13-7-9-3-4-11(12(6-9)15(17)18)14-5-1-2-10(16)8-14/h3-4,6,10,16H,1-2,5,8H2. The molecular weight excluding hydrogens is 234 g/mol. The van der Waals surface area contributed by atoms with Crippen LogP contribution in [0.1, 0.15) is 18.4 Å². The monoisotopic (exact) mass is 247 g/mol. The van der Waals surface area contributed by atoms with Crippen molar-refractivity contribution >= 4 is 11.4 Å². The van der Waals surface area contributed by atoms with E-state index in [0.29, 0.717) is 18.8 Å². The Labute approximate surface area is 104 Å². The number of hydrogen-bond acceptors (Lipinski definition) is 5. The topological polar surface area (TPSA) is 90.4 Å². The van der Waals surface area contributed by atoms with Crippen molar-refractivity contribution in [2.24, 2.45) is 0 Å². The molecule has 0 bridgehead atoms. The first-order chi connectivity index (χ1) is 8.61. The number of nitro benzene ring substituents is 1. The largest absolute Gasteiger partial charge is 0.391 e. The van der Waals surface area contributed by atoms with Crippen molar-refractivity contribution in [2.75, 3.05) is 18.0 Å². The summed E-state index contributed by atoms with van der Waals surface area (Å²) in [6, 6.07) is 6.30. The van der Waals surface area contributed by atoms with Crippen LogP contribution in [-0.2, 0) is 0 Å². The second-order valence-corrected chi connectivity index (χ2v) is 4.31. The van der Waals surface area contributed by atoms with Gasteiger partial charge in [-0.2, -0.15) is 5.26 Å². The summed E-state index contributed by atoms with van der Waals surface area (Å²) in [6.45, 7) is 1.08. The number of aliphatic hydroxyl groups excluding tert-OH is 1. The maximum Gasteiger partial charge on any atom is 0.293 e. The van der Waals surface area contributed by atoms with Gasteiger partial charge in [-0.05, 0) is 25.0 Å². The van der Waals surface area contributed by atoms with Crippen LogP contribution in [0.2, 0.25) is 0 Å². The number of rotatable bonds is 2. The highest BCUT2D eigenvalue weighted by molar-refractivity contribution is 5.65. The van der Waals surface area contributed by atoms with Gasteiger partial charge in [0.15, 0.2) is 0 Å². The summed E-state index contributed by atoms with van der Waals surface area (Å²) in [5, 5.41) is 29.4. The molecule has 1 heterocycles. The molecule has 1 aliphatic heterocycles. The van der Waals surface area contributed by atoms with Crippen molar-refractivity contribution in [3.8, 4) is 6.07 Å². The first-order valence-electron chi connectivity index (χ1n) is 5.73. The fourth-order valence-corrected chi connectivity index (χ4v) is 2.18. The van der Waals surface area contributed by atoms with Crippen LogP contribution in [0.5, 0.6) is 0 Å². The van der Waals surface area contributed by atoms with Gasteiger partial charge in [-0.1, -0.05) is 0 Å². The molecule has 1 N–H and O–H groups in total. The molecule has 1 aromatic carbocycles. The molecular formula is C12H13N3O3. The third kappa shape index (κ3) is 2.41. The summed E-state index contributed by atoms with van der Waals surface area (Å²) in [7, 11) is 0. The second-order valence-electron chi connectivity index (χ2n) is 4.31. The Hall–Kier alpha value is -2.13. The SMILES string of the molecule is N#Cc1ccc(N2CCCC(O)C2)c([N+](=O)[O-])c1. The second kappa shape index (κ2) is 5.02. The van der Waals surface area contributed by atoms with Crippen LogP contribution in [0.25, 0.3) is 0 Å². The van der Waals surface area contributed by atoms with Gasteiger partial charge < -0.3 is 10.0 Å². The molecule has 94 valence electrons. The van der Waals surface area contributed by atoms with Gasteiger partial charge in [-0.3, -0.25) is 10.1 Å². The lowest BCUT2D eigenvalue weighted by molar-refractivity contribution is -0.384. The molecule has 6 heteroatoms. The van der Waals surface area contributed by atoms with Crippen LogP contribution >= 0.6 is 0 Å². The molecule has 1 aromatic rings. The highest BCUT2D eigenvalue weighted by Gasteiger charge is 2.24. The molecule has 0 amide bonds. The van der Waals surface area contributed by atoms with E-state index >= 15 is 0 Å². The molecule has 0 radical (unpaired) electrons. The summed E-state index contributed by atoms with van der Waals surface area (Å²) in [6.07, 6.45) is 1.08. The first-order valence-corrected chi connectivity index (χ1v) is 5.73. The van der Waals surface area contributed by atoms with E-state index in [1.165, 1.54) is 6.07 Å². The van der Waals surface area contributed by atoms with Crippen molar-refractivity contribution in [2.45, 2.75) is 18.9 Å². The van der Waals surface area contributed by atoms with E-state index in [4.69, 9.17) is 5.26 Å². The number of anilines is 1. The van der Waals surface area contributed by atoms with Crippen molar-refractivity contribution in [1.82, 2.24) is 0 Å². The summed E-state index contributed by atoms with van der Waals surface area (Å²) in [5.74, 6) is 0. The molecule has 6 nitrogen and oxygen atoms in total. The van der Waals surface area contributed by atoms with E-state index in [-0.39, 0.29) is 11.3 Å². The molecule has 0 aliphatic carbocycles. The molecule has 18 heavy (non-hydrogen) atoms. The van der Waals surface area contributed by atoms with E-state index in [1.807, 2.05) is 6.07 Å². The van der Waals surface area contributed by atoms with E-state index in [0.717, 1.165) is 12.8 Å². The van der Waals surface area contributed by atoms with Crippen LogP contribution < -0.4 is 4.90 Å². The Morgan fingerprint density at radius 3 is 2.94 bits per heavy atom. The van der Waals surface area contributed by atoms with Crippen molar-refractivity contribution in [3.63, 3.8) is 0 Å². The Kier molecular flexibility index (Phi) is 3.44. The lowest BCUT2D eigenvalue weighted by atomic mass is 10.1. The molecule has 1 aliphatic rings. The predicted octanol–water partition coefficient (Wildman–Crippen LogP) is 1.43. The number of hydrogen-bond donors (Lipinski definition) is 1. The summed E-state index contributed by atoms with van der Waals surface area (Å²) >= 11 is 0. The fraction of sp³-hybridized carbons (Fsp3) is 0.417. The maximum absolute atomic E-state index is 11.0. The van der Waals surface area contributed by atoms with Crippen LogP contribution in [-0.4, -0.2) is 29.2 Å². The number of benzene rings is 1. The van der Waals surface area contributed by atoms with E-state index < -0.39 is 11.0 Å². The van der Waals surface area contributed by atoms with Gasteiger partial charge in [0.25, 0.3) is 5.69 Å². The molecule has 1 saturated heterocycles. The minimum absolute atomic E-state index is 0.0804. The number of nitrogens with zero attached hydrogens (tertiary/aromatic N) is 3. The van der Waals surface area contributed by atoms with Gasteiger partial charge in [-0.25, -0.2) is 0 Å². The van der Waals surface area contributed by atoms with Gasteiger partial charge in [0.1, 0.15) is 5.69 Å². The highest BCUT2D eigenvalue weighted by Crippen LogP contribution is 2.31. The summed E-state index contributed by atoms with van der Waals surface area (Å²) in [4.78, 5) is 12.3. The highest BCUT2D eigenvalue weighted by atomic mass is 16.6. The lowest BCUT2D eigenvalue weighted by Gasteiger charge is -2.31. The van der Waals surface area contributed by atoms with Crippen LogP contribution in [0.15, 0.2) is 18.2 Å². The third-order valence-corrected chi connectivity index (χ3v) is 3.04. The average molecular weight is 247 g/mol. The van der Waals surface area contributed by atoms with E-state index in [9.17, 15) is 15.2 Å². The number of nitriles is 1. The molecule has 1 unspecified atom stereocenters. The Bertz CT molecular complexity index is 510. The van der Waals surface area contributed by atoms with Gasteiger partial charge in [0.2, 0.25) is 0 Å². The summed E-state index contributed by atoms with van der Waals surface area (Å²) < 4.78 is 0. The number of aliphatic hydroxyl groups is 1. The smallest absolute Gasteiger partial charge is 0.293 e. The van der Waals surface area contributed by atoms with Gasteiger partial charge in [0.05, 0.1) is 22.7 Å². The Morgan fingerprint density at radius 2 is 2.33 bits per heavy atom. The molecule has 0 spiro atoms. The van der Waals surface area contributed by atoms with Gasteiger partial charge in [-0.15, -0.1) is 0 Å².